The van der Waals surface area contributed by atoms with Crippen LogP contribution < -0.4 is 4.74 Å². The van der Waals surface area contributed by atoms with E-state index in [1.165, 1.54) is 0 Å². The largest absolute Gasteiger partial charge is 0.497 e. The van der Waals surface area contributed by atoms with Gasteiger partial charge in [-0.3, -0.25) is 0 Å². The van der Waals surface area contributed by atoms with Gasteiger partial charge in [-0.05, 0) is 42.3 Å². The van der Waals surface area contributed by atoms with Crippen LogP contribution in [-0.2, 0) is 6.42 Å². The Labute approximate surface area is 112 Å². The lowest BCUT2D eigenvalue weighted by molar-refractivity contribution is 0.414. The van der Waals surface area contributed by atoms with Gasteiger partial charge in [-0.15, -0.1) is 5.10 Å². The minimum absolute atomic E-state index is 0.289. The molecule has 0 fully saturated rings. The molecule has 0 aliphatic carbocycles. The van der Waals surface area contributed by atoms with Crippen molar-refractivity contribution >= 4 is 11.6 Å². The number of ether oxygens (including phenoxy) is 1. The van der Waals surface area contributed by atoms with Gasteiger partial charge in [0.15, 0.2) is 0 Å². The summed E-state index contributed by atoms with van der Waals surface area (Å²) in [6, 6.07) is 7.68. The fourth-order valence-corrected chi connectivity index (χ4v) is 1.92. The van der Waals surface area contributed by atoms with E-state index in [2.05, 4.69) is 17.0 Å². The first-order chi connectivity index (χ1) is 8.74. The van der Waals surface area contributed by atoms with Crippen LogP contribution in [0.3, 0.4) is 0 Å². The van der Waals surface area contributed by atoms with Crippen LogP contribution in [0, 0.1) is 0 Å². The first kappa shape index (κ1) is 12.9. The lowest BCUT2D eigenvalue weighted by atomic mass is 10.2. The summed E-state index contributed by atoms with van der Waals surface area (Å²) in [5.74, 6) is 1.71. The van der Waals surface area contributed by atoms with Gasteiger partial charge in [-0.25, -0.2) is 9.67 Å². The van der Waals surface area contributed by atoms with Crippen molar-refractivity contribution in [3.63, 3.8) is 0 Å². The van der Waals surface area contributed by atoms with E-state index in [0.717, 1.165) is 36.5 Å². The molecule has 0 bridgehead atoms. The van der Waals surface area contributed by atoms with Crippen molar-refractivity contribution in [2.45, 2.75) is 26.2 Å². The molecule has 0 unspecified atom stereocenters. The topological polar surface area (TPSA) is 39.9 Å². The molecule has 18 heavy (non-hydrogen) atoms. The maximum Gasteiger partial charge on any atom is 0.243 e. The lowest BCUT2D eigenvalue weighted by Gasteiger charge is -2.06. The van der Waals surface area contributed by atoms with Gasteiger partial charge < -0.3 is 4.74 Å². The van der Waals surface area contributed by atoms with E-state index >= 15 is 0 Å². The number of halogens is 1. The molecule has 0 aliphatic rings. The number of methoxy groups -OCH3 is 1. The molecular weight excluding hydrogens is 250 g/mol. The first-order valence-electron chi connectivity index (χ1n) is 6.00. The molecule has 0 atom stereocenters. The van der Waals surface area contributed by atoms with Crippen molar-refractivity contribution in [3.05, 3.63) is 35.4 Å². The summed E-state index contributed by atoms with van der Waals surface area (Å²) in [6.07, 6.45) is 3.07. The molecule has 96 valence electrons. The normalized spacial score (nSPS) is 10.6. The third-order valence-electron chi connectivity index (χ3n) is 2.72. The van der Waals surface area contributed by atoms with E-state index < -0.39 is 0 Å². The van der Waals surface area contributed by atoms with E-state index in [-0.39, 0.29) is 5.28 Å². The summed E-state index contributed by atoms with van der Waals surface area (Å²) in [6.45, 7) is 2.15. The molecule has 5 heteroatoms. The SMILES string of the molecule is CCCCc1nc(Cl)nn1-c1ccc(OC)cc1. The van der Waals surface area contributed by atoms with Gasteiger partial charge in [0.2, 0.25) is 5.28 Å². The van der Waals surface area contributed by atoms with Crippen LogP contribution in [0.15, 0.2) is 24.3 Å². The number of nitrogens with zero attached hydrogens (tertiary/aromatic N) is 3. The van der Waals surface area contributed by atoms with Gasteiger partial charge in [0, 0.05) is 6.42 Å². The second kappa shape index (κ2) is 5.87. The summed E-state index contributed by atoms with van der Waals surface area (Å²) in [7, 11) is 1.65. The number of benzene rings is 1. The maximum atomic E-state index is 5.89. The zero-order chi connectivity index (χ0) is 13.0. The predicted molar refractivity (Wildman–Crippen MR) is 71.5 cm³/mol. The van der Waals surface area contributed by atoms with E-state index in [0.29, 0.717) is 0 Å². The zero-order valence-corrected chi connectivity index (χ0v) is 11.3. The Morgan fingerprint density at radius 3 is 2.61 bits per heavy atom. The highest BCUT2D eigenvalue weighted by molar-refractivity contribution is 6.28. The number of unbranched alkanes of at least 4 members (excludes halogenated alkanes) is 1. The Bertz CT molecular complexity index is 507. The van der Waals surface area contributed by atoms with E-state index in [1.807, 2.05) is 24.3 Å². The average Bonchev–Trinajstić information content (AvgIpc) is 2.77. The van der Waals surface area contributed by atoms with E-state index in [1.54, 1.807) is 11.8 Å². The highest BCUT2D eigenvalue weighted by Crippen LogP contribution is 2.17. The quantitative estimate of drug-likeness (QED) is 0.833. The number of rotatable bonds is 5. The molecule has 0 saturated carbocycles. The number of aryl methyl sites for hydroxylation is 1. The van der Waals surface area contributed by atoms with Crippen LogP contribution in [0.5, 0.6) is 5.75 Å². The molecule has 1 aromatic heterocycles. The molecule has 0 aliphatic heterocycles. The average molecular weight is 266 g/mol. The van der Waals surface area contributed by atoms with E-state index in [9.17, 15) is 0 Å². The standard InChI is InChI=1S/C13H16ClN3O/c1-3-4-5-12-15-13(14)16-17(12)10-6-8-11(18-2)9-7-10/h6-9H,3-5H2,1-2H3. The molecule has 2 aromatic rings. The summed E-state index contributed by atoms with van der Waals surface area (Å²) in [5.41, 5.74) is 0.946. The summed E-state index contributed by atoms with van der Waals surface area (Å²) in [4.78, 5) is 4.25. The molecule has 1 aromatic carbocycles. The summed E-state index contributed by atoms with van der Waals surface area (Å²) in [5, 5.41) is 4.51. The Hall–Kier alpha value is -1.55. The van der Waals surface area contributed by atoms with Crippen LogP contribution in [0.1, 0.15) is 25.6 Å². The van der Waals surface area contributed by atoms with Crippen molar-refractivity contribution < 1.29 is 4.74 Å². The van der Waals surface area contributed by atoms with Crippen molar-refractivity contribution in [2.75, 3.05) is 7.11 Å². The molecule has 0 spiro atoms. The predicted octanol–water partition coefficient (Wildman–Crippen LogP) is 3.27. The molecule has 4 nitrogen and oxygen atoms in total. The second-order valence-electron chi connectivity index (χ2n) is 4.01. The first-order valence-corrected chi connectivity index (χ1v) is 6.38. The maximum absolute atomic E-state index is 5.89. The van der Waals surface area contributed by atoms with Gasteiger partial charge >= 0.3 is 0 Å². The summed E-state index contributed by atoms with van der Waals surface area (Å²) < 4.78 is 6.92. The molecule has 2 rings (SSSR count). The fourth-order valence-electron chi connectivity index (χ4n) is 1.74. The number of hydrogen-bond donors (Lipinski definition) is 0. The molecule has 1 heterocycles. The third-order valence-corrected chi connectivity index (χ3v) is 2.88. The van der Waals surface area contributed by atoms with Crippen molar-refractivity contribution in [1.29, 1.82) is 0 Å². The fraction of sp³-hybridized carbons (Fsp3) is 0.385. The smallest absolute Gasteiger partial charge is 0.243 e. The van der Waals surface area contributed by atoms with Crippen LogP contribution in [-0.4, -0.2) is 21.9 Å². The Kier molecular flexibility index (Phi) is 4.20. The van der Waals surface area contributed by atoms with Gasteiger partial charge in [-0.1, -0.05) is 13.3 Å². The highest BCUT2D eigenvalue weighted by atomic mass is 35.5. The zero-order valence-electron chi connectivity index (χ0n) is 10.6. The summed E-state index contributed by atoms with van der Waals surface area (Å²) >= 11 is 5.89. The minimum atomic E-state index is 0.289. The van der Waals surface area contributed by atoms with Gasteiger partial charge in [0.05, 0.1) is 12.8 Å². The van der Waals surface area contributed by atoms with Crippen LogP contribution in [0.4, 0.5) is 0 Å². The second-order valence-corrected chi connectivity index (χ2v) is 4.35. The van der Waals surface area contributed by atoms with Crippen molar-refractivity contribution in [2.24, 2.45) is 0 Å². The molecule has 0 amide bonds. The Balaban J connectivity index is 2.30. The van der Waals surface area contributed by atoms with Gasteiger partial charge in [0.1, 0.15) is 11.6 Å². The van der Waals surface area contributed by atoms with Crippen LogP contribution in [0.25, 0.3) is 5.69 Å². The van der Waals surface area contributed by atoms with E-state index in [4.69, 9.17) is 16.3 Å². The van der Waals surface area contributed by atoms with Gasteiger partial charge in [-0.2, -0.15) is 0 Å². The van der Waals surface area contributed by atoms with Gasteiger partial charge in [0.25, 0.3) is 0 Å². The molecular formula is C13H16ClN3O. The monoisotopic (exact) mass is 265 g/mol. The minimum Gasteiger partial charge on any atom is -0.497 e. The molecule has 0 saturated heterocycles. The highest BCUT2D eigenvalue weighted by Gasteiger charge is 2.09. The van der Waals surface area contributed by atoms with Crippen molar-refractivity contribution in [1.82, 2.24) is 14.8 Å². The Morgan fingerprint density at radius 2 is 2.00 bits per heavy atom. The van der Waals surface area contributed by atoms with Crippen LogP contribution >= 0.6 is 11.6 Å². The number of aromatic nitrogens is 3. The van der Waals surface area contributed by atoms with Crippen LogP contribution in [0.2, 0.25) is 5.28 Å². The third kappa shape index (κ3) is 2.82. The molecule has 0 N–H and O–H groups in total. The molecule has 0 radical (unpaired) electrons. The van der Waals surface area contributed by atoms with Crippen molar-refractivity contribution in [3.8, 4) is 11.4 Å². The number of hydrogen-bond acceptors (Lipinski definition) is 3. The Morgan fingerprint density at radius 1 is 1.28 bits per heavy atom. The lowest BCUT2D eigenvalue weighted by Crippen LogP contribution is -2.03.